The number of hydrogen-bond donors (Lipinski definition) is 2. The number of aliphatic carboxylic acids is 2. The molecule has 0 radical (unpaired) electrons. The molecule has 1 saturated carbocycles. The largest absolute Gasteiger partial charge is 0.484 e. The first kappa shape index (κ1) is 24.1. The minimum absolute atomic E-state index is 0.0924. The van der Waals surface area contributed by atoms with E-state index >= 15 is 0 Å². The highest BCUT2D eigenvalue weighted by atomic mass is 79.9. The molecule has 1 saturated heterocycles. The van der Waals surface area contributed by atoms with E-state index in [1.54, 1.807) is 0 Å². The minimum atomic E-state index is -1.82. The molecular weight excluding hydrogens is 456 g/mol. The van der Waals surface area contributed by atoms with Gasteiger partial charge in [-0.1, -0.05) is 22.9 Å². The van der Waals surface area contributed by atoms with E-state index < -0.39 is 11.9 Å². The highest BCUT2D eigenvalue weighted by Gasteiger charge is 2.28. The van der Waals surface area contributed by atoms with Gasteiger partial charge in [0, 0.05) is 36.7 Å². The predicted octanol–water partition coefficient (Wildman–Crippen LogP) is 2.71. The number of ether oxygens (including phenoxy) is 1. The molecule has 1 amide bonds. The Balaban J connectivity index is 0.000000469. The molecule has 0 spiro atoms. The number of hydrogen-bond acceptors (Lipinski definition) is 5. The zero-order valence-electron chi connectivity index (χ0n) is 17.1. The van der Waals surface area contributed by atoms with Crippen LogP contribution in [0.15, 0.2) is 28.7 Å². The summed E-state index contributed by atoms with van der Waals surface area (Å²) in [6.45, 7) is 6.15. The van der Waals surface area contributed by atoms with E-state index in [0.29, 0.717) is 0 Å². The van der Waals surface area contributed by atoms with Crippen molar-refractivity contribution in [2.24, 2.45) is 5.92 Å². The number of carboxylic acid groups (broad SMARTS) is 2. The fourth-order valence-corrected chi connectivity index (χ4v) is 3.98. The van der Waals surface area contributed by atoms with Gasteiger partial charge in [0.15, 0.2) is 6.61 Å². The lowest BCUT2D eigenvalue weighted by atomic mass is 9.86. The topological polar surface area (TPSA) is 107 Å². The molecule has 0 bridgehead atoms. The van der Waals surface area contributed by atoms with E-state index in [4.69, 9.17) is 24.5 Å². The lowest BCUT2D eigenvalue weighted by Gasteiger charge is -2.41. The van der Waals surface area contributed by atoms with Crippen molar-refractivity contribution in [3.8, 4) is 5.75 Å². The van der Waals surface area contributed by atoms with Crippen LogP contribution < -0.4 is 4.74 Å². The Morgan fingerprint density at radius 2 is 1.50 bits per heavy atom. The van der Waals surface area contributed by atoms with Crippen LogP contribution in [-0.4, -0.2) is 76.7 Å². The second kappa shape index (κ2) is 11.9. The Bertz CT molecular complexity index is 699. The van der Waals surface area contributed by atoms with E-state index in [-0.39, 0.29) is 12.5 Å². The number of amides is 1. The molecule has 166 valence electrons. The molecule has 1 heterocycles. The molecule has 2 fully saturated rings. The number of carbonyl (C=O) groups is 3. The van der Waals surface area contributed by atoms with Crippen LogP contribution in [0.5, 0.6) is 5.75 Å². The Morgan fingerprint density at radius 1 is 0.967 bits per heavy atom. The van der Waals surface area contributed by atoms with Crippen molar-refractivity contribution >= 4 is 33.8 Å². The molecule has 0 atom stereocenters. The number of benzene rings is 1. The molecule has 30 heavy (non-hydrogen) atoms. The average Bonchev–Trinajstić information content (AvgIpc) is 2.74. The van der Waals surface area contributed by atoms with Gasteiger partial charge in [0.25, 0.3) is 5.91 Å². The first-order valence-electron chi connectivity index (χ1n) is 10.1. The Labute approximate surface area is 184 Å². The van der Waals surface area contributed by atoms with Gasteiger partial charge in [-0.25, -0.2) is 9.59 Å². The van der Waals surface area contributed by atoms with Gasteiger partial charge in [-0.15, -0.1) is 0 Å². The fourth-order valence-electron chi connectivity index (χ4n) is 3.71. The Kier molecular flexibility index (Phi) is 9.58. The van der Waals surface area contributed by atoms with Crippen molar-refractivity contribution in [1.82, 2.24) is 9.80 Å². The van der Waals surface area contributed by atoms with E-state index in [1.165, 1.54) is 25.7 Å². The number of nitrogens with zero attached hydrogens (tertiary/aromatic N) is 2. The van der Waals surface area contributed by atoms with Crippen LogP contribution >= 0.6 is 15.9 Å². The van der Waals surface area contributed by atoms with Crippen molar-refractivity contribution in [2.75, 3.05) is 32.8 Å². The van der Waals surface area contributed by atoms with Gasteiger partial charge in [-0.2, -0.15) is 0 Å². The molecule has 2 N–H and O–H groups in total. The molecule has 1 aliphatic carbocycles. The van der Waals surface area contributed by atoms with Gasteiger partial charge in [-0.3, -0.25) is 9.69 Å². The van der Waals surface area contributed by atoms with Gasteiger partial charge in [0.05, 0.1) is 0 Å². The number of rotatable bonds is 4. The van der Waals surface area contributed by atoms with Crippen LogP contribution in [0.25, 0.3) is 0 Å². The average molecular weight is 485 g/mol. The zero-order valence-corrected chi connectivity index (χ0v) is 18.7. The van der Waals surface area contributed by atoms with Crippen molar-refractivity contribution in [1.29, 1.82) is 0 Å². The summed E-state index contributed by atoms with van der Waals surface area (Å²) in [6, 6.07) is 8.32. The number of piperazine rings is 1. The summed E-state index contributed by atoms with van der Waals surface area (Å²) in [5.74, 6) is -1.93. The van der Waals surface area contributed by atoms with Gasteiger partial charge in [0.1, 0.15) is 5.75 Å². The third-order valence-corrected chi connectivity index (χ3v) is 6.06. The predicted molar refractivity (Wildman–Crippen MR) is 114 cm³/mol. The lowest BCUT2D eigenvalue weighted by Crippen LogP contribution is -2.53. The van der Waals surface area contributed by atoms with E-state index in [1.807, 2.05) is 29.2 Å². The van der Waals surface area contributed by atoms with Crippen LogP contribution in [0.3, 0.4) is 0 Å². The summed E-state index contributed by atoms with van der Waals surface area (Å²) < 4.78 is 6.61. The van der Waals surface area contributed by atoms with Crippen LogP contribution in [0.1, 0.15) is 32.6 Å². The second-order valence-electron chi connectivity index (χ2n) is 7.68. The third kappa shape index (κ3) is 7.95. The first-order valence-corrected chi connectivity index (χ1v) is 10.9. The second-order valence-corrected chi connectivity index (χ2v) is 8.60. The molecule has 3 rings (SSSR count). The summed E-state index contributed by atoms with van der Waals surface area (Å²) >= 11 is 3.39. The van der Waals surface area contributed by atoms with Crippen molar-refractivity contribution in [2.45, 2.75) is 38.6 Å². The summed E-state index contributed by atoms with van der Waals surface area (Å²) in [6.07, 6.45) is 5.35. The van der Waals surface area contributed by atoms with E-state index in [2.05, 4.69) is 27.8 Å². The number of halogens is 1. The van der Waals surface area contributed by atoms with Gasteiger partial charge >= 0.3 is 11.9 Å². The normalized spacial score (nSPS) is 21.9. The van der Waals surface area contributed by atoms with E-state index in [9.17, 15) is 4.79 Å². The van der Waals surface area contributed by atoms with Crippen molar-refractivity contribution < 1.29 is 29.3 Å². The SMILES string of the molecule is CC1CCC(N2CCN(C(=O)COc3ccc(Br)cc3)CC2)CC1.O=C(O)C(=O)O. The summed E-state index contributed by atoms with van der Waals surface area (Å²) in [5.41, 5.74) is 0. The monoisotopic (exact) mass is 484 g/mol. The highest BCUT2D eigenvalue weighted by Crippen LogP contribution is 2.27. The first-order chi connectivity index (χ1) is 14.3. The molecular formula is C21H29BrN2O6. The number of carboxylic acids is 2. The maximum Gasteiger partial charge on any atom is 0.414 e. The molecule has 1 aromatic carbocycles. The smallest absolute Gasteiger partial charge is 0.414 e. The maximum atomic E-state index is 12.3. The third-order valence-electron chi connectivity index (χ3n) is 5.53. The molecule has 9 heteroatoms. The van der Waals surface area contributed by atoms with Crippen LogP contribution in [0.2, 0.25) is 0 Å². The van der Waals surface area contributed by atoms with Crippen LogP contribution in [0, 0.1) is 5.92 Å². The quantitative estimate of drug-likeness (QED) is 0.632. The molecule has 8 nitrogen and oxygen atoms in total. The van der Waals surface area contributed by atoms with Gasteiger partial charge in [0.2, 0.25) is 0 Å². The summed E-state index contributed by atoms with van der Waals surface area (Å²) in [7, 11) is 0. The van der Waals surface area contributed by atoms with E-state index in [0.717, 1.165) is 48.4 Å². The van der Waals surface area contributed by atoms with Crippen molar-refractivity contribution in [3.63, 3.8) is 0 Å². The molecule has 1 aromatic rings. The van der Waals surface area contributed by atoms with Crippen LogP contribution in [-0.2, 0) is 14.4 Å². The van der Waals surface area contributed by atoms with Crippen LogP contribution in [0.4, 0.5) is 0 Å². The molecule has 2 aliphatic rings. The zero-order chi connectivity index (χ0) is 22.1. The highest BCUT2D eigenvalue weighted by molar-refractivity contribution is 9.10. The number of carbonyl (C=O) groups excluding carboxylic acids is 1. The Morgan fingerprint density at radius 3 is 2.00 bits per heavy atom. The summed E-state index contributed by atoms with van der Waals surface area (Å²) in [5, 5.41) is 14.8. The maximum absolute atomic E-state index is 12.3. The fraction of sp³-hybridized carbons (Fsp3) is 0.571. The Hall–Kier alpha value is -2.13. The standard InChI is InChI=1S/C19H27BrN2O2.C2H2O4/c1-15-2-6-17(7-3-15)21-10-12-22(13-11-21)19(23)14-24-18-8-4-16(20)5-9-18;3-1(4)2(5)6/h4-5,8-9,15,17H,2-3,6-7,10-14H2,1H3;(H,3,4)(H,5,6). The summed E-state index contributed by atoms with van der Waals surface area (Å²) in [4.78, 5) is 35.1. The van der Waals surface area contributed by atoms with Gasteiger partial charge in [-0.05, 0) is 55.9 Å². The van der Waals surface area contributed by atoms with Crippen molar-refractivity contribution in [3.05, 3.63) is 28.7 Å². The molecule has 0 aromatic heterocycles. The molecule has 0 unspecified atom stereocenters. The van der Waals surface area contributed by atoms with Gasteiger partial charge < -0.3 is 19.8 Å². The lowest BCUT2D eigenvalue weighted by molar-refractivity contribution is -0.159. The minimum Gasteiger partial charge on any atom is -0.484 e. The molecule has 1 aliphatic heterocycles.